The molecular formula is C18H24N2O. The van der Waals surface area contributed by atoms with Crippen LogP contribution in [0.3, 0.4) is 0 Å². The molecule has 0 radical (unpaired) electrons. The van der Waals surface area contributed by atoms with E-state index in [1.807, 2.05) is 7.11 Å². The van der Waals surface area contributed by atoms with E-state index in [2.05, 4.69) is 40.3 Å². The quantitative estimate of drug-likeness (QED) is 0.932. The van der Waals surface area contributed by atoms with Gasteiger partial charge >= 0.3 is 0 Å². The maximum absolute atomic E-state index is 5.60. The van der Waals surface area contributed by atoms with E-state index in [0.29, 0.717) is 6.10 Å². The molecule has 1 N–H and O–H groups in total. The molecular weight excluding hydrogens is 260 g/mol. The Hall–Kier alpha value is -1.32. The number of fused-ring (bicyclic) bond motifs is 3. The van der Waals surface area contributed by atoms with Crippen LogP contribution in [-0.4, -0.2) is 41.7 Å². The number of nitrogens with zero attached hydrogens (tertiary/aromatic N) is 1. The number of hydrogen-bond donors (Lipinski definition) is 1. The Morgan fingerprint density at radius 2 is 1.95 bits per heavy atom. The van der Waals surface area contributed by atoms with Gasteiger partial charge in [0.15, 0.2) is 0 Å². The van der Waals surface area contributed by atoms with E-state index in [4.69, 9.17) is 4.74 Å². The molecule has 0 saturated carbocycles. The van der Waals surface area contributed by atoms with Crippen molar-refractivity contribution in [1.82, 2.24) is 9.88 Å². The summed E-state index contributed by atoms with van der Waals surface area (Å²) in [6.07, 6.45) is 8.99. The second kappa shape index (κ2) is 5.47. The molecule has 0 amide bonds. The van der Waals surface area contributed by atoms with Crippen molar-refractivity contribution in [3.8, 4) is 0 Å². The standard InChI is InChI=1S/C18H24N2O/c1-21-16-10-14-6-7-15(11-16)20(14)9-8-13-12-19-18-5-3-2-4-17(13)18/h2-5,12,14-16,19H,6-11H2,1H3/t14-,15+,16?. The monoisotopic (exact) mass is 284 g/mol. The average molecular weight is 284 g/mol. The molecule has 2 bridgehead atoms. The molecule has 2 saturated heterocycles. The predicted octanol–water partition coefficient (Wildman–Crippen LogP) is 3.35. The Morgan fingerprint density at radius 1 is 1.19 bits per heavy atom. The van der Waals surface area contributed by atoms with E-state index in [9.17, 15) is 0 Å². The van der Waals surface area contributed by atoms with Crippen LogP contribution in [0.15, 0.2) is 30.5 Å². The van der Waals surface area contributed by atoms with Crippen LogP contribution in [0.5, 0.6) is 0 Å². The first kappa shape index (κ1) is 13.4. The molecule has 2 fully saturated rings. The minimum absolute atomic E-state index is 0.492. The van der Waals surface area contributed by atoms with Crippen LogP contribution in [0.2, 0.25) is 0 Å². The highest BCUT2D eigenvalue weighted by atomic mass is 16.5. The first-order chi connectivity index (χ1) is 10.3. The average Bonchev–Trinajstić information content (AvgIpc) is 3.03. The molecule has 3 nitrogen and oxygen atoms in total. The van der Waals surface area contributed by atoms with E-state index >= 15 is 0 Å². The Labute approximate surface area is 126 Å². The summed E-state index contributed by atoms with van der Waals surface area (Å²) in [6.45, 7) is 1.19. The summed E-state index contributed by atoms with van der Waals surface area (Å²) in [7, 11) is 1.87. The van der Waals surface area contributed by atoms with Crippen molar-refractivity contribution in [3.63, 3.8) is 0 Å². The number of hydrogen-bond acceptors (Lipinski definition) is 2. The van der Waals surface area contributed by atoms with Gasteiger partial charge in [-0.2, -0.15) is 0 Å². The van der Waals surface area contributed by atoms with E-state index in [0.717, 1.165) is 18.5 Å². The lowest BCUT2D eigenvalue weighted by molar-refractivity contribution is 0.00642. The van der Waals surface area contributed by atoms with Gasteiger partial charge in [-0.1, -0.05) is 18.2 Å². The van der Waals surface area contributed by atoms with Crippen LogP contribution in [0.1, 0.15) is 31.2 Å². The number of methoxy groups -OCH3 is 1. The summed E-state index contributed by atoms with van der Waals surface area (Å²) >= 11 is 0. The highest BCUT2D eigenvalue weighted by Crippen LogP contribution is 2.36. The predicted molar refractivity (Wildman–Crippen MR) is 85.5 cm³/mol. The summed E-state index contributed by atoms with van der Waals surface area (Å²) in [5, 5.41) is 1.39. The minimum atomic E-state index is 0.492. The number of rotatable bonds is 4. The lowest BCUT2D eigenvalue weighted by Crippen LogP contribution is -2.45. The number of piperidine rings is 1. The molecule has 1 aromatic heterocycles. The van der Waals surface area contributed by atoms with E-state index in [1.54, 1.807) is 0 Å². The highest BCUT2D eigenvalue weighted by molar-refractivity contribution is 5.83. The number of aromatic amines is 1. The Bertz CT molecular complexity index is 606. The maximum atomic E-state index is 5.60. The number of aromatic nitrogens is 1. The van der Waals surface area contributed by atoms with Gasteiger partial charge < -0.3 is 9.72 Å². The van der Waals surface area contributed by atoms with Gasteiger partial charge in [-0.3, -0.25) is 4.90 Å². The molecule has 0 spiro atoms. The lowest BCUT2D eigenvalue weighted by Gasteiger charge is -2.38. The third-order valence-corrected chi connectivity index (χ3v) is 5.49. The summed E-state index contributed by atoms with van der Waals surface area (Å²) in [5.74, 6) is 0. The van der Waals surface area contributed by atoms with Crippen LogP contribution in [0, 0.1) is 0 Å². The van der Waals surface area contributed by atoms with Crippen molar-refractivity contribution in [2.45, 2.75) is 50.3 Å². The van der Waals surface area contributed by atoms with Gasteiger partial charge in [0, 0.05) is 42.8 Å². The van der Waals surface area contributed by atoms with Gasteiger partial charge in [-0.15, -0.1) is 0 Å². The largest absolute Gasteiger partial charge is 0.381 e. The topological polar surface area (TPSA) is 28.3 Å². The molecule has 112 valence electrons. The van der Waals surface area contributed by atoms with Gasteiger partial charge in [-0.25, -0.2) is 0 Å². The second-order valence-corrected chi connectivity index (χ2v) is 6.56. The molecule has 4 rings (SSSR count). The molecule has 21 heavy (non-hydrogen) atoms. The van der Waals surface area contributed by atoms with Gasteiger partial charge in [0.25, 0.3) is 0 Å². The third-order valence-electron chi connectivity index (χ3n) is 5.49. The van der Waals surface area contributed by atoms with E-state index in [1.165, 1.54) is 48.7 Å². The fourth-order valence-corrected chi connectivity index (χ4v) is 4.37. The van der Waals surface area contributed by atoms with Crippen molar-refractivity contribution in [2.24, 2.45) is 0 Å². The molecule has 0 aliphatic carbocycles. The zero-order valence-electron chi connectivity index (χ0n) is 12.7. The van der Waals surface area contributed by atoms with E-state index in [-0.39, 0.29) is 0 Å². The fraction of sp³-hybridized carbons (Fsp3) is 0.556. The number of nitrogens with one attached hydrogen (secondary N) is 1. The number of ether oxygens (including phenoxy) is 1. The molecule has 1 unspecified atom stereocenters. The highest BCUT2D eigenvalue weighted by Gasteiger charge is 2.40. The Kier molecular flexibility index (Phi) is 3.48. The Morgan fingerprint density at radius 3 is 2.71 bits per heavy atom. The molecule has 2 aromatic rings. The van der Waals surface area contributed by atoms with Gasteiger partial charge in [-0.05, 0) is 43.7 Å². The number of para-hydroxylation sites is 1. The van der Waals surface area contributed by atoms with Crippen molar-refractivity contribution >= 4 is 10.9 Å². The first-order valence-electron chi connectivity index (χ1n) is 8.18. The summed E-state index contributed by atoms with van der Waals surface area (Å²) in [6, 6.07) is 10.1. The number of H-pyrrole nitrogens is 1. The van der Waals surface area contributed by atoms with Crippen LogP contribution < -0.4 is 0 Å². The van der Waals surface area contributed by atoms with Crippen LogP contribution in [0.4, 0.5) is 0 Å². The third kappa shape index (κ3) is 2.39. The number of benzene rings is 1. The normalized spacial score (nSPS) is 29.3. The van der Waals surface area contributed by atoms with E-state index < -0.39 is 0 Å². The van der Waals surface area contributed by atoms with Crippen LogP contribution in [-0.2, 0) is 11.2 Å². The zero-order valence-corrected chi connectivity index (χ0v) is 12.7. The molecule has 3 atom stereocenters. The van der Waals surface area contributed by atoms with Crippen molar-refractivity contribution in [2.75, 3.05) is 13.7 Å². The maximum Gasteiger partial charge on any atom is 0.0601 e. The smallest absolute Gasteiger partial charge is 0.0601 e. The molecule has 2 aliphatic heterocycles. The van der Waals surface area contributed by atoms with Gasteiger partial charge in [0.05, 0.1) is 6.10 Å². The minimum Gasteiger partial charge on any atom is -0.381 e. The molecule has 3 heterocycles. The van der Waals surface area contributed by atoms with Crippen molar-refractivity contribution < 1.29 is 4.74 Å². The van der Waals surface area contributed by atoms with Crippen LogP contribution in [0.25, 0.3) is 10.9 Å². The molecule has 2 aliphatic rings. The van der Waals surface area contributed by atoms with Gasteiger partial charge in [0.1, 0.15) is 0 Å². The summed E-state index contributed by atoms with van der Waals surface area (Å²) in [5.41, 5.74) is 2.72. The van der Waals surface area contributed by atoms with Crippen molar-refractivity contribution in [1.29, 1.82) is 0 Å². The van der Waals surface area contributed by atoms with Gasteiger partial charge in [0.2, 0.25) is 0 Å². The second-order valence-electron chi connectivity index (χ2n) is 6.56. The fourth-order valence-electron chi connectivity index (χ4n) is 4.37. The Balaban J connectivity index is 1.46. The first-order valence-corrected chi connectivity index (χ1v) is 8.18. The SMILES string of the molecule is COC1C[C@H]2CC[C@@H](C1)N2CCc1c[nH]c2ccccc12. The zero-order chi connectivity index (χ0) is 14.2. The molecule has 3 heteroatoms. The summed E-state index contributed by atoms with van der Waals surface area (Å²) in [4.78, 5) is 6.14. The van der Waals surface area contributed by atoms with Crippen LogP contribution >= 0.6 is 0 Å². The summed E-state index contributed by atoms with van der Waals surface area (Å²) < 4.78 is 5.60. The lowest BCUT2D eigenvalue weighted by atomic mass is 9.99. The van der Waals surface area contributed by atoms with Crippen molar-refractivity contribution in [3.05, 3.63) is 36.0 Å². The molecule has 1 aromatic carbocycles.